The van der Waals surface area contributed by atoms with E-state index in [-0.39, 0.29) is 30.0 Å². The standard InChI is InChI=1S/C24H23N5O3/c1-24(2)14-28(15-24)20(30)13-29-21-18(4-3-9-26-21)10-19(23(29)32)22(31)27-12-17-7-5-16(11-25)6-8-17/h3-10H,12-15H2,1-2H3,(H,27,31). The molecule has 1 N–H and O–H groups in total. The van der Waals surface area contributed by atoms with Crippen LogP contribution >= 0.6 is 0 Å². The highest BCUT2D eigenvalue weighted by Crippen LogP contribution is 2.28. The van der Waals surface area contributed by atoms with Gasteiger partial charge in [-0.05, 0) is 41.3 Å². The molecule has 0 aliphatic carbocycles. The summed E-state index contributed by atoms with van der Waals surface area (Å²) >= 11 is 0. The first kappa shape index (κ1) is 21.2. The molecule has 0 saturated carbocycles. The second kappa shape index (κ2) is 8.27. The van der Waals surface area contributed by atoms with Crippen LogP contribution in [0.2, 0.25) is 0 Å². The zero-order valence-electron chi connectivity index (χ0n) is 18.0. The minimum atomic E-state index is -0.554. The fourth-order valence-electron chi connectivity index (χ4n) is 3.89. The van der Waals surface area contributed by atoms with E-state index in [0.717, 1.165) is 5.56 Å². The third-order valence-electron chi connectivity index (χ3n) is 5.51. The van der Waals surface area contributed by atoms with Crippen molar-refractivity contribution in [2.75, 3.05) is 13.1 Å². The first-order valence-corrected chi connectivity index (χ1v) is 10.3. The highest BCUT2D eigenvalue weighted by molar-refractivity contribution is 5.97. The molecule has 2 amide bonds. The molecule has 162 valence electrons. The summed E-state index contributed by atoms with van der Waals surface area (Å²) in [7, 11) is 0. The first-order valence-electron chi connectivity index (χ1n) is 10.3. The van der Waals surface area contributed by atoms with Gasteiger partial charge in [-0.2, -0.15) is 5.26 Å². The molecule has 0 atom stereocenters. The number of nitriles is 1. The van der Waals surface area contributed by atoms with Gasteiger partial charge in [0, 0.05) is 31.2 Å². The quantitative estimate of drug-likeness (QED) is 0.668. The SMILES string of the molecule is CC1(C)CN(C(=O)Cn2c(=O)c(C(=O)NCc3ccc(C#N)cc3)cc3cccnc32)C1. The molecule has 1 saturated heterocycles. The Hall–Kier alpha value is -3.99. The average molecular weight is 429 g/mol. The molecule has 3 heterocycles. The van der Waals surface area contributed by atoms with Crippen molar-refractivity contribution in [3.63, 3.8) is 0 Å². The Morgan fingerprint density at radius 2 is 1.91 bits per heavy atom. The molecule has 0 unspecified atom stereocenters. The maximum absolute atomic E-state index is 13.2. The van der Waals surface area contributed by atoms with Gasteiger partial charge in [0.2, 0.25) is 5.91 Å². The third kappa shape index (κ3) is 4.23. The van der Waals surface area contributed by atoms with Crippen LogP contribution in [0.25, 0.3) is 11.0 Å². The van der Waals surface area contributed by atoms with Gasteiger partial charge in [-0.25, -0.2) is 4.98 Å². The fraction of sp³-hybridized carbons (Fsp3) is 0.292. The number of amides is 2. The molecule has 1 fully saturated rings. The molecular formula is C24H23N5O3. The monoisotopic (exact) mass is 429 g/mol. The van der Waals surface area contributed by atoms with Crippen molar-refractivity contribution < 1.29 is 9.59 Å². The average Bonchev–Trinajstić information content (AvgIpc) is 2.77. The molecule has 0 radical (unpaired) electrons. The number of hydrogen-bond acceptors (Lipinski definition) is 5. The normalized spacial score (nSPS) is 14.5. The van der Waals surface area contributed by atoms with Crippen molar-refractivity contribution in [3.8, 4) is 6.07 Å². The summed E-state index contributed by atoms with van der Waals surface area (Å²) in [5, 5.41) is 12.2. The van der Waals surface area contributed by atoms with Crippen LogP contribution in [0.4, 0.5) is 0 Å². The van der Waals surface area contributed by atoms with Crippen LogP contribution in [0, 0.1) is 16.7 Å². The minimum absolute atomic E-state index is 0.0455. The Balaban J connectivity index is 1.59. The molecule has 1 aromatic carbocycles. The van der Waals surface area contributed by atoms with E-state index in [9.17, 15) is 14.4 Å². The van der Waals surface area contributed by atoms with Crippen LogP contribution in [0.5, 0.6) is 0 Å². The summed E-state index contributed by atoms with van der Waals surface area (Å²) in [6.07, 6.45) is 1.56. The summed E-state index contributed by atoms with van der Waals surface area (Å²) < 4.78 is 1.28. The van der Waals surface area contributed by atoms with Gasteiger partial charge < -0.3 is 10.2 Å². The van der Waals surface area contributed by atoms with E-state index >= 15 is 0 Å². The van der Waals surface area contributed by atoms with Gasteiger partial charge in [0.1, 0.15) is 17.8 Å². The molecule has 32 heavy (non-hydrogen) atoms. The van der Waals surface area contributed by atoms with E-state index in [0.29, 0.717) is 29.7 Å². The van der Waals surface area contributed by atoms with Crippen LogP contribution in [-0.4, -0.2) is 39.4 Å². The molecule has 8 nitrogen and oxygen atoms in total. The van der Waals surface area contributed by atoms with E-state index in [1.807, 2.05) is 6.07 Å². The molecule has 0 bridgehead atoms. The largest absolute Gasteiger partial charge is 0.348 e. The van der Waals surface area contributed by atoms with E-state index in [4.69, 9.17) is 5.26 Å². The summed E-state index contributed by atoms with van der Waals surface area (Å²) in [4.78, 5) is 44.7. The lowest BCUT2D eigenvalue weighted by Gasteiger charge is -2.45. The number of benzene rings is 1. The van der Waals surface area contributed by atoms with Gasteiger partial charge in [0.05, 0.1) is 11.6 Å². The second-order valence-corrected chi connectivity index (χ2v) is 8.77. The number of carbonyl (C=O) groups is 2. The lowest BCUT2D eigenvalue weighted by Crippen LogP contribution is -2.56. The minimum Gasteiger partial charge on any atom is -0.348 e. The second-order valence-electron chi connectivity index (χ2n) is 8.77. The molecule has 0 spiro atoms. The molecule has 1 aliphatic heterocycles. The van der Waals surface area contributed by atoms with E-state index in [1.54, 1.807) is 47.5 Å². The number of nitrogens with zero attached hydrogens (tertiary/aromatic N) is 4. The zero-order chi connectivity index (χ0) is 22.9. The number of likely N-dealkylation sites (tertiary alicyclic amines) is 1. The highest BCUT2D eigenvalue weighted by Gasteiger charge is 2.37. The molecular weight excluding hydrogens is 406 g/mol. The van der Waals surface area contributed by atoms with Gasteiger partial charge in [0.15, 0.2) is 0 Å². The first-order chi connectivity index (χ1) is 15.3. The Morgan fingerprint density at radius 1 is 1.19 bits per heavy atom. The van der Waals surface area contributed by atoms with Crippen molar-refractivity contribution in [3.05, 3.63) is 75.7 Å². The smallest absolute Gasteiger partial charge is 0.265 e. The van der Waals surface area contributed by atoms with Crippen molar-refractivity contribution in [2.45, 2.75) is 26.9 Å². The van der Waals surface area contributed by atoms with Crippen LogP contribution in [-0.2, 0) is 17.9 Å². The predicted octanol–water partition coefficient (Wildman–Crippen LogP) is 2.07. The van der Waals surface area contributed by atoms with Gasteiger partial charge in [-0.1, -0.05) is 26.0 Å². The van der Waals surface area contributed by atoms with Crippen molar-refractivity contribution >= 4 is 22.8 Å². The van der Waals surface area contributed by atoms with Crippen molar-refractivity contribution in [2.24, 2.45) is 5.41 Å². The Labute approximate surface area is 185 Å². The Morgan fingerprint density at radius 3 is 2.56 bits per heavy atom. The van der Waals surface area contributed by atoms with E-state index in [1.165, 1.54) is 10.6 Å². The maximum Gasteiger partial charge on any atom is 0.265 e. The lowest BCUT2D eigenvalue weighted by atomic mass is 9.84. The highest BCUT2D eigenvalue weighted by atomic mass is 16.2. The number of carbonyl (C=O) groups excluding carboxylic acids is 2. The lowest BCUT2D eigenvalue weighted by molar-refractivity contribution is -0.142. The summed E-state index contributed by atoms with van der Waals surface area (Å²) in [6.45, 7) is 5.47. The number of nitrogens with one attached hydrogen (secondary N) is 1. The summed E-state index contributed by atoms with van der Waals surface area (Å²) in [5.41, 5.74) is 1.18. The predicted molar refractivity (Wildman–Crippen MR) is 119 cm³/mol. The van der Waals surface area contributed by atoms with E-state index in [2.05, 4.69) is 24.1 Å². The molecule has 2 aromatic heterocycles. The number of fused-ring (bicyclic) bond motifs is 1. The van der Waals surface area contributed by atoms with Gasteiger partial charge in [-0.15, -0.1) is 0 Å². The molecule has 8 heteroatoms. The van der Waals surface area contributed by atoms with Gasteiger partial charge >= 0.3 is 0 Å². The van der Waals surface area contributed by atoms with Crippen molar-refractivity contribution in [1.29, 1.82) is 5.26 Å². The maximum atomic E-state index is 13.2. The van der Waals surface area contributed by atoms with Gasteiger partial charge in [-0.3, -0.25) is 19.0 Å². The number of rotatable bonds is 5. The Kier molecular flexibility index (Phi) is 5.49. The third-order valence-corrected chi connectivity index (χ3v) is 5.51. The Bertz CT molecular complexity index is 1290. The zero-order valence-corrected chi connectivity index (χ0v) is 18.0. The van der Waals surface area contributed by atoms with Crippen LogP contribution in [0.15, 0.2) is 53.5 Å². The summed E-state index contributed by atoms with van der Waals surface area (Å²) in [5.74, 6) is -0.704. The molecule has 3 aromatic rings. The van der Waals surface area contributed by atoms with Crippen molar-refractivity contribution in [1.82, 2.24) is 19.8 Å². The summed E-state index contributed by atoms with van der Waals surface area (Å²) in [6, 6.07) is 13.8. The topological polar surface area (TPSA) is 108 Å². The van der Waals surface area contributed by atoms with Gasteiger partial charge in [0.25, 0.3) is 11.5 Å². The molecule has 4 rings (SSSR count). The van der Waals surface area contributed by atoms with Crippen LogP contribution in [0.1, 0.15) is 35.3 Å². The number of hydrogen-bond donors (Lipinski definition) is 1. The fourth-order valence-corrected chi connectivity index (χ4v) is 3.89. The number of pyridine rings is 2. The van der Waals surface area contributed by atoms with Crippen LogP contribution < -0.4 is 10.9 Å². The van der Waals surface area contributed by atoms with Crippen LogP contribution in [0.3, 0.4) is 0 Å². The van der Waals surface area contributed by atoms with E-state index < -0.39 is 11.5 Å². The number of aromatic nitrogens is 2. The molecule has 1 aliphatic rings.